The van der Waals surface area contributed by atoms with Gasteiger partial charge in [-0.05, 0) is 41.1 Å². The lowest BCUT2D eigenvalue weighted by Crippen LogP contribution is -2.33. The van der Waals surface area contributed by atoms with Crippen molar-refractivity contribution in [2.45, 2.75) is 39.5 Å². The molecule has 0 atom stereocenters. The second kappa shape index (κ2) is 5.80. The van der Waals surface area contributed by atoms with Gasteiger partial charge in [0.05, 0.1) is 0 Å². The summed E-state index contributed by atoms with van der Waals surface area (Å²) in [5.74, 6) is 2.89. The van der Waals surface area contributed by atoms with Crippen LogP contribution in [-0.2, 0) is 6.42 Å². The van der Waals surface area contributed by atoms with Gasteiger partial charge >= 0.3 is 0 Å². The van der Waals surface area contributed by atoms with Crippen molar-refractivity contribution >= 4 is 21.7 Å². The number of aryl methyl sites for hydroxylation is 1. The molecular formula is C13H20BrN3. The van der Waals surface area contributed by atoms with E-state index >= 15 is 0 Å². The van der Waals surface area contributed by atoms with Crippen LogP contribution in [0.5, 0.6) is 0 Å². The van der Waals surface area contributed by atoms with E-state index < -0.39 is 0 Å². The number of halogens is 1. The topological polar surface area (TPSA) is 29.0 Å². The fraction of sp³-hybridized carbons (Fsp3) is 0.692. The van der Waals surface area contributed by atoms with Gasteiger partial charge in [0.2, 0.25) is 0 Å². The summed E-state index contributed by atoms with van der Waals surface area (Å²) in [6.07, 6.45) is 4.58. The second-order valence-electron chi connectivity index (χ2n) is 4.88. The smallest absolute Gasteiger partial charge is 0.133 e. The third-order valence-electron chi connectivity index (χ3n) is 3.31. The van der Waals surface area contributed by atoms with Crippen LogP contribution in [0.4, 0.5) is 5.82 Å². The number of nitrogens with zero attached hydrogens (tertiary/aromatic N) is 3. The predicted molar refractivity (Wildman–Crippen MR) is 74.3 cm³/mol. The van der Waals surface area contributed by atoms with E-state index in [0.29, 0.717) is 0 Å². The van der Waals surface area contributed by atoms with Gasteiger partial charge in [-0.25, -0.2) is 9.97 Å². The van der Waals surface area contributed by atoms with Crippen molar-refractivity contribution in [3.05, 3.63) is 16.5 Å². The van der Waals surface area contributed by atoms with E-state index in [-0.39, 0.29) is 0 Å². The van der Waals surface area contributed by atoms with Crippen molar-refractivity contribution in [3.8, 4) is 0 Å². The Labute approximate surface area is 112 Å². The summed E-state index contributed by atoms with van der Waals surface area (Å²) >= 11 is 3.48. The first-order chi connectivity index (χ1) is 8.19. The molecule has 0 aliphatic carbocycles. The van der Waals surface area contributed by atoms with Crippen LogP contribution in [0.15, 0.2) is 10.7 Å². The number of anilines is 1. The molecule has 0 N–H and O–H groups in total. The van der Waals surface area contributed by atoms with Crippen LogP contribution in [0.25, 0.3) is 0 Å². The molecular weight excluding hydrogens is 278 g/mol. The monoisotopic (exact) mass is 297 g/mol. The molecule has 4 heteroatoms. The lowest BCUT2D eigenvalue weighted by atomic mass is 9.99. The van der Waals surface area contributed by atoms with Crippen molar-refractivity contribution in [2.75, 3.05) is 18.0 Å². The SMILES string of the molecule is CCCc1nc(Br)cc(N2CCC(C)CC2)n1. The quantitative estimate of drug-likeness (QED) is 0.801. The molecule has 1 aromatic rings. The Morgan fingerprint density at radius 3 is 2.71 bits per heavy atom. The van der Waals surface area contributed by atoms with Crippen LogP contribution in [0.1, 0.15) is 38.9 Å². The summed E-state index contributed by atoms with van der Waals surface area (Å²) < 4.78 is 0.907. The molecule has 0 radical (unpaired) electrons. The maximum absolute atomic E-state index is 4.66. The minimum Gasteiger partial charge on any atom is -0.356 e. The standard InChI is InChI=1S/C13H20BrN3/c1-3-4-12-15-11(14)9-13(16-12)17-7-5-10(2)6-8-17/h9-10H,3-8H2,1-2H3. The average molecular weight is 298 g/mol. The normalized spacial score (nSPS) is 17.5. The molecule has 1 aliphatic heterocycles. The molecule has 1 saturated heterocycles. The highest BCUT2D eigenvalue weighted by Gasteiger charge is 2.17. The number of rotatable bonds is 3. The summed E-state index contributed by atoms with van der Waals surface area (Å²) in [7, 11) is 0. The Hall–Kier alpha value is -0.640. The molecule has 1 fully saturated rings. The van der Waals surface area contributed by atoms with Crippen molar-refractivity contribution in [3.63, 3.8) is 0 Å². The molecule has 1 aliphatic rings. The molecule has 0 saturated carbocycles. The molecule has 0 spiro atoms. The zero-order valence-corrected chi connectivity index (χ0v) is 12.2. The zero-order chi connectivity index (χ0) is 12.3. The maximum Gasteiger partial charge on any atom is 0.133 e. The van der Waals surface area contributed by atoms with Gasteiger partial charge in [0.15, 0.2) is 0 Å². The lowest BCUT2D eigenvalue weighted by molar-refractivity contribution is 0.436. The molecule has 0 unspecified atom stereocenters. The van der Waals surface area contributed by atoms with Gasteiger partial charge in [-0.15, -0.1) is 0 Å². The highest BCUT2D eigenvalue weighted by molar-refractivity contribution is 9.10. The van der Waals surface area contributed by atoms with Crippen LogP contribution in [0.2, 0.25) is 0 Å². The summed E-state index contributed by atoms with van der Waals surface area (Å²) in [5.41, 5.74) is 0. The van der Waals surface area contributed by atoms with E-state index in [2.05, 4.69) is 44.6 Å². The van der Waals surface area contributed by atoms with E-state index in [1.165, 1.54) is 12.8 Å². The van der Waals surface area contributed by atoms with E-state index in [4.69, 9.17) is 0 Å². The summed E-state index contributed by atoms with van der Waals surface area (Å²) in [4.78, 5) is 11.4. The minimum atomic E-state index is 0.853. The molecule has 3 nitrogen and oxygen atoms in total. The third kappa shape index (κ3) is 3.41. The Bertz CT molecular complexity index is 373. The van der Waals surface area contributed by atoms with E-state index in [1.807, 2.05) is 6.07 Å². The highest BCUT2D eigenvalue weighted by atomic mass is 79.9. The van der Waals surface area contributed by atoms with Crippen molar-refractivity contribution < 1.29 is 0 Å². The number of hydrogen-bond acceptors (Lipinski definition) is 3. The maximum atomic E-state index is 4.66. The fourth-order valence-electron chi connectivity index (χ4n) is 2.19. The largest absolute Gasteiger partial charge is 0.356 e. The second-order valence-corrected chi connectivity index (χ2v) is 5.70. The number of piperidine rings is 1. The fourth-order valence-corrected chi connectivity index (χ4v) is 2.60. The first-order valence-corrected chi connectivity index (χ1v) is 7.26. The predicted octanol–water partition coefficient (Wildman–Crippen LogP) is 3.43. The molecule has 0 bridgehead atoms. The zero-order valence-electron chi connectivity index (χ0n) is 10.6. The van der Waals surface area contributed by atoms with Crippen molar-refractivity contribution in [2.24, 2.45) is 5.92 Å². The van der Waals surface area contributed by atoms with Gasteiger partial charge in [-0.1, -0.05) is 13.8 Å². The molecule has 0 aromatic carbocycles. The van der Waals surface area contributed by atoms with Crippen LogP contribution in [-0.4, -0.2) is 23.1 Å². The molecule has 17 heavy (non-hydrogen) atoms. The molecule has 0 amide bonds. The Balaban J connectivity index is 2.14. The van der Waals surface area contributed by atoms with Crippen LogP contribution >= 0.6 is 15.9 Å². The van der Waals surface area contributed by atoms with Crippen LogP contribution < -0.4 is 4.90 Å². The Morgan fingerprint density at radius 2 is 2.06 bits per heavy atom. The average Bonchev–Trinajstić information content (AvgIpc) is 2.29. The van der Waals surface area contributed by atoms with Gasteiger partial charge in [-0.3, -0.25) is 0 Å². The summed E-state index contributed by atoms with van der Waals surface area (Å²) in [6.45, 7) is 6.73. The van der Waals surface area contributed by atoms with Crippen LogP contribution in [0.3, 0.4) is 0 Å². The molecule has 94 valence electrons. The molecule has 2 rings (SSSR count). The van der Waals surface area contributed by atoms with Gasteiger partial charge in [-0.2, -0.15) is 0 Å². The summed E-state index contributed by atoms with van der Waals surface area (Å²) in [6, 6.07) is 2.04. The van der Waals surface area contributed by atoms with Gasteiger partial charge in [0, 0.05) is 25.6 Å². The lowest BCUT2D eigenvalue weighted by Gasteiger charge is -2.31. The van der Waals surface area contributed by atoms with Crippen LogP contribution in [0, 0.1) is 5.92 Å². The van der Waals surface area contributed by atoms with Gasteiger partial charge < -0.3 is 4.90 Å². The first kappa shape index (κ1) is 12.8. The highest BCUT2D eigenvalue weighted by Crippen LogP contribution is 2.23. The molecule has 2 heterocycles. The van der Waals surface area contributed by atoms with Crippen molar-refractivity contribution in [1.29, 1.82) is 0 Å². The van der Waals surface area contributed by atoms with Crippen molar-refractivity contribution in [1.82, 2.24) is 9.97 Å². The molecule has 1 aromatic heterocycles. The Morgan fingerprint density at radius 1 is 1.35 bits per heavy atom. The number of aromatic nitrogens is 2. The van der Waals surface area contributed by atoms with Gasteiger partial charge in [0.25, 0.3) is 0 Å². The minimum absolute atomic E-state index is 0.853. The van der Waals surface area contributed by atoms with E-state index in [1.54, 1.807) is 0 Å². The number of hydrogen-bond donors (Lipinski definition) is 0. The Kier molecular flexibility index (Phi) is 4.37. The summed E-state index contributed by atoms with van der Waals surface area (Å²) in [5, 5.41) is 0. The van der Waals surface area contributed by atoms with E-state index in [9.17, 15) is 0 Å². The van der Waals surface area contributed by atoms with Gasteiger partial charge in [0.1, 0.15) is 16.2 Å². The van der Waals surface area contributed by atoms with E-state index in [0.717, 1.165) is 48.1 Å². The third-order valence-corrected chi connectivity index (χ3v) is 3.72. The first-order valence-electron chi connectivity index (χ1n) is 6.47.